The molecule has 2 atom stereocenters. The molecule has 1 amide bonds. The third kappa shape index (κ3) is 3.29. The van der Waals surface area contributed by atoms with Crippen molar-refractivity contribution in [2.75, 3.05) is 13.2 Å². The molecule has 0 saturated heterocycles. The molecule has 4 N–H and O–H groups in total. The molecule has 2 rings (SSSR count). The Labute approximate surface area is 116 Å². The zero-order valence-electron chi connectivity index (χ0n) is 11.9. The highest BCUT2D eigenvalue weighted by Gasteiger charge is 2.39. The summed E-state index contributed by atoms with van der Waals surface area (Å²) in [6.07, 6.45) is 9.62. The van der Waals surface area contributed by atoms with Crippen molar-refractivity contribution >= 4 is 5.91 Å². The van der Waals surface area contributed by atoms with Crippen LogP contribution in [0.4, 0.5) is 0 Å². The average molecular weight is 268 g/mol. The Morgan fingerprint density at radius 3 is 2.47 bits per heavy atom. The Morgan fingerprint density at radius 1 is 1.16 bits per heavy atom. The van der Waals surface area contributed by atoms with E-state index in [-0.39, 0.29) is 29.9 Å². The maximum absolute atomic E-state index is 12.6. The lowest BCUT2D eigenvalue weighted by molar-refractivity contribution is -0.134. The van der Waals surface area contributed by atoms with E-state index < -0.39 is 0 Å². The molecule has 0 heterocycles. The summed E-state index contributed by atoms with van der Waals surface area (Å²) in [5.74, 6) is 0.371. The zero-order valence-corrected chi connectivity index (χ0v) is 11.9. The van der Waals surface area contributed by atoms with Gasteiger partial charge in [0.2, 0.25) is 5.91 Å². The lowest BCUT2D eigenvalue weighted by Gasteiger charge is -2.38. The van der Waals surface area contributed by atoms with Crippen molar-refractivity contribution in [1.82, 2.24) is 5.32 Å². The van der Waals surface area contributed by atoms with Gasteiger partial charge < -0.3 is 16.2 Å². The van der Waals surface area contributed by atoms with Crippen molar-refractivity contribution in [2.24, 2.45) is 17.1 Å². The van der Waals surface area contributed by atoms with Crippen molar-refractivity contribution in [3.05, 3.63) is 0 Å². The van der Waals surface area contributed by atoms with Gasteiger partial charge in [0, 0.05) is 25.1 Å². The maximum atomic E-state index is 12.6. The Hall–Kier alpha value is -0.610. The second-order valence-electron chi connectivity index (χ2n) is 6.35. The smallest absolute Gasteiger partial charge is 0.227 e. The number of amides is 1. The molecule has 0 bridgehead atoms. The van der Waals surface area contributed by atoms with Crippen LogP contribution in [0.5, 0.6) is 0 Å². The predicted molar refractivity (Wildman–Crippen MR) is 75.5 cm³/mol. The van der Waals surface area contributed by atoms with Gasteiger partial charge in [0.25, 0.3) is 0 Å². The number of aliphatic hydroxyl groups excluding tert-OH is 1. The molecule has 110 valence electrons. The largest absolute Gasteiger partial charge is 0.396 e. The zero-order chi connectivity index (χ0) is 13.7. The van der Waals surface area contributed by atoms with Gasteiger partial charge >= 0.3 is 0 Å². The third-order valence-corrected chi connectivity index (χ3v) is 5.14. The molecule has 4 heteroatoms. The maximum Gasteiger partial charge on any atom is 0.227 e. The molecule has 19 heavy (non-hydrogen) atoms. The molecular formula is C15H28N2O2. The predicted octanol–water partition coefficient (Wildman–Crippen LogP) is 1.56. The molecule has 0 aromatic rings. The fraction of sp³-hybridized carbons (Fsp3) is 0.933. The Kier molecular flexibility index (Phi) is 5.22. The van der Waals surface area contributed by atoms with Crippen molar-refractivity contribution in [2.45, 2.75) is 63.8 Å². The number of hydrogen-bond donors (Lipinski definition) is 3. The van der Waals surface area contributed by atoms with E-state index in [1.165, 1.54) is 12.8 Å². The molecule has 2 aliphatic rings. The molecule has 2 aliphatic carbocycles. The van der Waals surface area contributed by atoms with Gasteiger partial charge in [0.15, 0.2) is 0 Å². The van der Waals surface area contributed by atoms with Gasteiger partial charge in [-0.15, -0.1) is 0 Å². The van der Waals surface area contributed by atoms with Crippen LogP contribution in [0.2, 0.25) is 0 Å². The first kappa shape index (κ1) is 14.8. The summed E-state index contributed by atoms with van der Waals surface area (Å²) in [5, 5.41) is 12.6. The van der Waals surface area contributed by atoms with E-state index in [9.17, 15) is 9.90 Å². The van der Waals surface area contributed by atoms with E-state index in [4.69, 9.17) is 5.73 Å². The molecule has 0 spiro atoms. The third-order valence-electron chi connectivity index (χ3n) is 5.14. The van der Waals surface area contributed by atoms with Crippen LogP contribution in [0.25, 0.3) is 0 Å². The van der Waals surface area contributed by atoms with Crippen LogP contribution in [0, 0.1) is 11.3 Å². The van der Waals surface area contributed by atoms with E-state index >= 15 is 0 Å². The lowest BCUT2D eigenvalue weighted by atomic mass is 9.73. The molecule has 0 aromatic heterocycles. The fourth-order valence-electron chi connectivity index (χ4n) is 3.69. The summed E-state index contributed by atoms with van der Waals surface area (Å²) in [6.45, 7) is 0.635. The highest BCUT2D eigenvalue weighted by Crippen LogP contribution is 2.36. The topological polar surface area (TPSA) is 75.4 Å². The summed E-state index contributed by atoms with van der Waals surface area (Å²) < 4.78 is 0. The second-order valence-corrected chi connectivity index (χ2v) is 6.35. The number of hydrogen-bond acceptors (Lipinski definition) is 3. The van der Waals surface area contributed by atoms with Crippen molar-refractivity contribution < 1.29 is 9.90 Å². The standard InChI is InChI=1S/C15H28N2O2/c16-11-15(8-4-1-5-9-15)14(19)17-13-7-3-2-6-12(13)10-18/h12-13,18H,1-11,16H2,(H,17,19). The number of nitrogens with one attached hydrogen (secondary N) is 1. The van der Waals surface area contributed by atoms with Gasteiger partial charge in [0.05, 0.1) is 5.41 Å². The van der Waals surface area contributed by atoms with Gasteiger partial charge in [-0.2, -0.15) is 0 Å². The summed E-state index contributed by atoms with van der Waals surface area (Å²) in [7, 11) is 0. The lowest BCUT2D eigenvalue weighted by Crippen LogP contribution is -2.53. The summed E-state index contributed by atoms with van der Waals surface area (Å²) in [4.78, 5) is 12.6. The number of carbonyl (C=O) groups excluding carboxylic acids is 1. The van der Waals surface area contributed by atoms with E-state index in [2.05, 4.69) is 5.32 Å². The molecule has 0 aromatic carbocycles. The number of aliphatic hydroxyl groups is 1. The first-order valence-corrected chi connectivity index (χ1v) is 7.84. The number of carbonyl (C=O) groups is 1. The summed E-state index contributed by atoms with van der Waals surface area (Å²) in [5.41, 5.74) is 5.56. The first-order valence-electron chi connectivity index (χ1n) is 7.84. The molecule has 4 nitrogen and oxygen atoms in total. The highest BCUT2D eigenvalue weighted by molar-refractivity contribution is 5.83. The van der Waals surface area contributed by atoms with Crippen LogP contribution in [-0.4, -0.2) is 30.2 Å². The SMILES string of the molecule is NCC1(C(=O)NC2CCCCC2CO)CCCCC1. The van der Waals surface area contributed by atoms with E-state index in [1.807, 2.05) is 0 Å². The van der Waals surface area contributed by atoms with Crippen molar-refractivity contribution in [1.29, 1.82) is 0 Å². The second kappa shape index (κ2) is 6.71. The molecule has 2 fully saturated rings. The highest BCUT2D eigenvalue weighted by atomic mass is 16.3. The van der Waals surface area contributed by atoms with E-state index in [1.54, 1.807) is 0 Å². The molecule has 0 radical (unpaired) electrons. The molecule has 0 aliphatic heterocycles. The van der Waals surface area contributed by atoms with Crippen LogP contribution in [0.1, 0.15) is 57.8 Å². The van der Waals surface area contributed by atoms with Gasteiger partial charge in [0.1, 0.15) is 0 Å². The van der Waals surface area contributed by atoms with Crippen LogP contribution in [0.15, 0.2) is 0 Å². The molecular weight excluding hydrogens is 240 g/mol. The van der Waals surface area contributed by atoms with Crippen LogP contribution in [0.3, 0.4) is 0 Å². The minimum atomic E-state index is -0.338. The minimum absolute atomic E-state index is 0.139. The van der Waals surface area contributed by atoms with Crippen LogP contribution in [-0.2, 0) is 4.79 Å². The Morgan fingerprint density at radius 2 is 1.84 bits per heavy atom. The van der Waals surface area contributed by atoms with Gasteiger partial charge in [-0.3, -0.25) is 4.79 Å². The number of rotatable bonds is 4. The average Bonchev–Trinajstić information content (AvgIpc) is 2.48. The van der Waals surface area contributed by atoms with Gasteiger partial charge in [-0.25, -0.2) is 0 Å². The van der Waals surface area contributed by atoms with E-state index in [0.29, 0.717) is 6.54 Å². The Balaban J connectivity index is 1.98. The monoisotopic (exact) mass is 268 g/mol. The van der Waals surface area contributed by atoms with Crippen molar-refractivity contribution in [3.63, 3.8) is 0 Å². The molecule has 2 unspecified atom stereocenters. The van der Waals surface area contributed by atoms with Gasteiger partial charge in [-0.1, -0.05) is 32.1 Å². The van der Waals surface area contributed by atoms with Gasteiger partial charge in [-0.05, 0) is 25.7 Å². The summed E-state index contributed by atoms with van der Waals surface area (Å²) in [6, 6.07) is 0.150. The quantitative estimate of drug-likeness (QED) is 0.724. The van der Waals surface area contributed by atoms with Crippen LogP contribution < -0.4 is 11.1 Å². The van der Waals surface area contributed by atoms with Crippen LogP contribution >= 0.6 is 0 Å². The first-order chi connectivity index (χ1) is 9.22. The molecule has 2 saturated carbocycles. The van der Waals surface area contributed by atoms with Crippen molar-refractivity contribution in [3.8, 4) is 0 Å². The normalized spacial score (nSPS) is 30.8. The minimum Gasteiger partial charge on any atom is -0.396 e. The summed E-state index contributed by atoms with van der Waals surface area (Å²) >= 11 is 0. The van der Waals surface area contributed by atoms with E-state index in [0.717, 1.165) is 44.9 Å². The Bertz CT molecular complexity index is 301. The fourth-order valence-corrected chi connectivity index (χ4v) is 3.69. The number of nitrogens with two attached hydrogens (primary N) is 1.